The largest absolute Gasteiger partial charge is 0.274 e. The summed E-state index contributed by atoms with van der Waals surface area (Å²) in [5.74, 6) is 0.398. The molecule has 1 aliphatic carbocycles. The maximum Gasteiger partial charge on any atom is 0.0281 e. The highest BCUT2D eigenvalue weighted by Crippen LogP contribution is 2.45. The van der Waals surface area contributed by atoms with Gasteiger partial charge in [-0.05, 0) is 42.3 Å². The highest BCUT2D eigenvalue weighted by Gasteiger charge is 2.33. The third kappa shape index (κ3) is 5.71. The molecule has 0 N–H and O–H groups in total. The van der Waals surface area contributed by atoms with E-state index in [1.54, 1.807) is 0 Å². The molecule has 0 fully saturated rings. The predicted octanol–water partition coefficient (Wildman–Crippen LogP) is 6.21. The number of hydrogen-bond donors (Lipinski definition) is 0. The van der Waals surface area contributed by atoms with Crippen molar-refractivity contribution in [1.29, 1.82) is 0 Å². The summed E-state index contributed by atoms with van der Waals surface area (Å²) < 4.78 is 2.69. The molecule has 0 heterocycles. The average molecular weight is 492 g/mol. The van der Waals surface area contributed by atoms with E-state index in [0.717, 1.165) is 6.16 Å². The smallest absolute Gasteiger partial charge is 0.0281 e. The summed E-state index contributed by atoms with van der Waals surface area (Å²) >= 11 is 0. The Morgan fingerprint density at radius 2 is 0.943 bits per heavy atom. The molecule has 0 aromatic heterocycles. The molecule has 4 aromatic carbocycles. The molecule has 0 unspecified atom stereocenters. The lowest BCUT2D eigenvalue weighted by Gasteiger charge is -2.39. The quantitative estimate of drug-likeness (QED) is 0.252. The first-order chi connectivity index (χ1) is 17.3. The molecule has 1 aliphatic rings. The molecular formula is C32H31NP2. The van der Waals surface area contributed by atoms with Crippen molar-refractivity contribution in [2.24, 2.45) is 5.92 Å². The summed E-state index contributed by atoms with van der Waals surface area (Å²) in [4.78, 5) is 0. The SMILES string of the molecule is CN([C@@H](CP(c1ccccc1)c1ccccc1)C1C=CC=C1)P(c1ccccc1)c1ccccc1. The molecule has 0 saturated carbocycles. The van der Waals surface area contributed by atoms with E-state index in [0.29, 0.717) is 12.0 Å². The Kier molecular flexibility index (Phi) is 8.02. The van der Waals surface area contributed by atoms with E-state index < -0.39 is 16.0 Å². The fourth-order valence-corrected chi connectivity index (χ4v) is 10.0. The fourth-order valence-electron chi connectivity index (χ4n) is 4.76. The van der Waals surface area contributed by atoms with Gasteiger partial charge in [-0.25, -0.2) is 0 Å². The van der Waals surface area contributed by atoms with E-state index in [1.165, 1.54) is 21.2 Å². The van der Waals surface area contributed by atoms with Gasteiger partial charge < -0.3 is 0 Å². The Morgan fingerprint density at radius 1 is 0.571 bits per heavy atom. The molecule has 0 radical (unpaired) electrons. The van der Waals surface area contributed by atoms with Crippen molar-refractivity contribution in [3.63, 3.8) is 0 Å². The first-order valence-electron chi connectivity index (χ1n) is 12.2. The summed E-state index contributed by atoms with van der Waals surface area (Å²) in [5.41, 5.74) is 0. The maximum absolute atomic E-state index is 2.69. The van der Waals surface area contributed by atoms with Gasteiger partial charge in [0.2, 0.25) is 0 Å². The lowest BCUT2D eigenvalue weighted by atomic mass is 10.0. The van der Waals surface area contributed by atoms with Crippen LogP contribution in [0.15, 0.2) is 146 Å². The minimum atomic E-state index is -0.660. The summed E-state index contributed by atoms with van der Waals surface area (Å²) in [6.07, 6.45) is 10.3. The molecule has 1 atom stereocenters. The minimum absolute atomic E-state index is 0.378. The zero-order valence-corrected chi connectivity index (χ0v) is 21.8. The van der Waals surface area contributed by atoms with Gasteiger partial charge >= 0.3 is 0 Å². The monoisotopic (exact) mass is 491 g/mol. The van der Waals surface area contributed by atoms with Crippen LogP contribution >= 0.6 is 16.0 Å². The number of allylic oxidation sites excluding steroid dienone is 2. The van der Waals surface area contributed by atoms with Crippen LogP contribution in [0.4, 0.5) is 0 Å². The van der Waals surface area contributed by atoms with Crippen molar-refractivity contribution >= 4 is 37.2 Å². The second-order valence-electron chi connectivity index (χ2n) is 8.75. The molecule has 35 heavy (non-hydrogen) atoms. The van der Waals surface area contributed by atoms with E-state index in [9.17, 15) is 0 Å². The molecule has 0 amide bonds. The van der Waals surface area contributed by atoms with E-state index >= 15 is 0 Å². The van der Waals surface area contributed by atoms with Gasteiger partial charge in [-0.2, -0.15) is 0 Å². The van der Waals surface area contributed by atoms with Gasteiger partial charge in [0.05, 0.1) is 0 Å². The molecule has 5 rings (SSSR count). The predicted molar refractivity (Wildman–Crippen MR) is 156 cm³/mol. The maximum atomic E-state index is 2.69. The molecule has 0 spiro atoms. The van der Waals surface area contributed by atoms with Gasteiger partial charge in [0.25, 0.3) is 0 Å². The van der Waals surface area contributed by atoms with E-state index in [1.807, 2.05) is 0 Å². The van der Waals surface area contributed by atoms with Crippen LogP contribution in [-0.2, 0) is 0 Å². The summed E-state index contributed by atoms with van der Waals surface area (Å²) in [6, 6.07) is 44.7. The third-order valence-corrected chi connectivity index (χ3v) is 11.6. The van der Waals surface area contributed by atoms with Crippen molar-refractivity contribution in [2.75, 3.05) is 13.2 Å². The van der Waals surface area contributed by atoms with Crippen LogP contribution in [0, 0.1) is 5.92 Å². The molecule has 174 valence electrons. The molecule has 1 nitrogen and oxygen atoms in total. The van der Waals surface area contributed by atoms with Crippen molar-refractivity contribution in [1.82, 2.24) is 4.67 Å². The zero-order chi connectivity index (χ0) is 23.9. The molecule has 0 saturated heterocycles. The molecule has 4 aromatic rings. The van der Waals surface area contributed by atoms with Crippen molar-refractivity contribution < 1.29 is 0 Å². The van der Waals surface area contributed by atoms with Crippen molar-refractivity contribution in [3.8, 4) is 0 Å². The van der Waals surface area contributed by atoms with Gasteiger partial charge in [-0.3, -0.25) is 4.67 Å². The van der Waals surface area contributed by atoms with Gasteiger partial charge in [0, 0.05) is 20.0 Å². The average Bonchev–Trinajstić information content (AvgIpc) is 3.46. The van der Waals surface area contributed by atoms with Crippen LogP contribution in [0.3, 0.4) is 0 Å². The topological polar surface area (TPSA) is 3.24 Å². The standard InChI is InChI=1S/C32H31NP2/c1-33(35(30-22-10-4-11-23-30)31-24-12-5-13-25-31)32(27-16-14-15-17-27)26-34(28-18-6-2-7-19-28)29-20-8-3-9-21-29/h2-25,27,32H,26H2,1H3/t32-/m0/s1. The first-order valence-corrected chi connectivity index (χ1v) is 15.0. The van der Waals surface area contributed by atoms with Gasteiger partial charge in [-0.15, -0.1) is 0 Å². The van der Waals surface area contributed by atoms with Crippen LogP contribution in [0.1, 0.15) is 0 Å². The Balaban J connectivity index is 1.57. The summed E-state index contributed by atoms with van der Waals surface area (Å²) in [6.45, 7) is 0. The van der Waals surface area contributed by atoms with E-state index in [-0.39, 0.29) is 0 Å². The Morgan fingerprint density at radius 3 is 1.34 bits per heavy atom. The molecule has 0 aliphatic heterocycles. The van der Waals surface area contributed by atoms with Crippen LogP contribution in [0.25, 0.3) is 0 Å². The van der Waals surface area contributed by atoms with Gasteiger partial charge in [-0.1, -0.05) is 146 Å². The Bertz CT molecular complexity index is 1150. The second-order valence-corrected chi connectivity index (χ2v) is 13.3. The summed E-state index contributed by atoms with van der Waals surface area (Å²) in [5, 5.41) is 5.69. The minimum Gasteiger partial charge on any atom is -0.274 e. The van der Waals surface area contributed by atoms with Crippen LogP contribution in [0.2, 0.25) is 0 Å². The number of benzene rings is 4. The number of rotatable bonds is 9. The lowest BCUT2D eigenvalue weighted by molar-refractivity contribution is 0.388. The highest BCUT2D eigenvalue weighted by molar-refractivity contribution is 7.73. The van der Waals surface area contributed by atoms with E-state index in [2.05, 4.69) is 157 Å². The van der Waals surface area contributed by atoms with Crippen LogP contribution < -0.4 is 21.2 Å². The number of hydrogen-bond acceptors (Lipinski definition) is 1. The molecule has 3 heteroatoms. The normalized spacial score (nSPS) is 14.3. The third-order valence-electron chi connectivity index (χ3n) is 6.52. The van der Waals surface area contributed by atoms with Crippen LogP contribution in [0.5, 0.6) is 0 Å². The lowest BCUT2D eigenvalue weighted by Crippen LogP contribution is -2.41. The van der Waals surface area contributed by atoms with Gasteiger partial charge in [0.15, 0.2) is 0 Å². The van der Waals surface area contributed by atoms with E-state index in [4.69, 9.17) is 0 Å². The van der Waals surface area contributed by atoms with Crippen molar-refractivity contribution in [2.45, 2.75) is 6.04 Å². The molecule has 0 bridgehead atoms. The van der Waals surface area contributed by atoms with Crippen molar-refractivity contribution in [3.05, 3.63) is 146 Å². The van der Waals surface area contributed by atoms with Crippen LogP contribution in [-0.4, -0.2) is 23.9 Å². The second kappa shape index (κ2) is 11.7. The Labute approximate surface area is 212 Å². The first kappa shape index (κ1) is 23.9. The highest BCUT2D eigenvalue weighted by atomic mass is 31.1. The Hall–Kier alpha value is -2.82. The summed E-state index contributed by atoms with van der Waals surface area (Å²) in [7, 11) is 1.19. The van der Waals surface area contributed by atoms with Gasteiger partial charge in [0.1, 0.15) is 0 Å². The zero-order valence-electron chi connectivity index (χ0n) is 20.1. The number of nitrogens with zero attached hydrogens (tertiary/aromatic N) is 1. The molecular weight excluding hydrogens is 460 g/mol. The fraction of sp³-hybridized carbons (Fsp3) is 0.125.